The second kappa shape index (κ2) is 8.87. The topological polar surface area (TPSA) is 47.8 Å². The molecule has 0 saturated heterocycles. The molecule has 2 rings (SSSR count). The van der Waals surface area contributed by atoms with Gasteiger partial charge in [-0.25, -0.2) is 4.68 Å². The highest BCUT2D eigenvalue weighted by atomic mass is 32.2. The number of nitrogens with zero attached hydrogens (tertiary/aromatic N) is 3. The van der Waals surface area contributed by atoms with Crippen LogP contribution in [0.4, 0.5) is 0 Å². The first-order valence-electron chi connectivity index (χ1n) is 8.22. The molecule has 0 aliphatic heterocycles. The maximum absolute atomic E-state index is 12.5. The number of hydrogen-bond donors (Lipinski definition) is 0. The Morgan fingerprint density at radius 1 is 1.26 bits per heavy atom. The van der Waals surface area contributed by atoms with Crippen molar-refractivity contribution in [3.8, 4) is 0 Å². The van der Waals surface area contributed by atoms with E-state index in [9.17, 15) is 4.79 Å². The molecule has 0 unspecified atom stereocenters. The van der Waals surface area contributed by atoms with Crippen LogP contribution in [-0.4, -0.2) is 26.4 Å². The molecule has 5 heteroatoms. The number of thioether (sulfide) groups is 1. The van der Waals surface area contributed by atoms with E-state index in [1.54, 1.807) is 24.5 Å². The highest BCUT2D eigenvalue weighted by Gasteiger charge is 2.17. The summed E-state index contributed by atoms with van der Waals surface area (Å²) in [6.07, 6.45) is 8.40. The highest BCUT2D eigenvalue weighted by Crippen LogP contribution is 2.21. The summed E-state index contributed by atoms with van der Waals surface area (Å²) in [6, 6.07) is 3.54. The van der Waals surface area contributed by atoms with E-state index < -0.39 is 0 Å². The lowest BCUT2D eigenvalue weighted by Crippen LogP contribution is -2.15. The predicted molar refractivity (Wildman–Crippen MR) is 96.0 cm³/mol. The summed E-state index contributed by atoms with van der Waals surface area (Å²) in [5.74, 6) is 1.97. The van der Waals surface area contributed by atoms with Crippen LogP contribution in [0.3, 0.4) is 0 Å². The Morgan fingerprint density at radius 3 is 2.78 bits per heavy atom. The first kappa shape index (κ1) is 17.7. The molecule has 0 bridgehead atoms. The molecule has 2 heterocycles. The monoisotopic (exact) mass is 331 g/mol. The molecule has 0 fully saturated rings. The third-order valence-corrected chi connectivity index (χ3v) is 5.00. The average molecular weight is 331 g/mol. The van der Waals surface area contributed by atoms with Crippen LogP contribution >= 0.6 is 11.8 Å². The number of pyridine rings is 1. The molecule has 0 aliphatic carbocycles. The summed E-state index contributed by atoms with van der Waals surface area (Å²) in [7, 11) is 0. The van der Waals surface area contributed by atoms with E-state index in [-0.39, 0.29) is 5.91 Å². The second-order valence-electron chi connectivity index (χ2n) is 5.72. The smallest absolute Gasteiger partial charge is 0.267 e. The minimum atomic E-state index is -0.113. The van der Waals surface area contributed by atoms with Crippen LogP contribution < -0.4 is 0 Å². The van der Waals surface area contributed by atoms with Crippen LogP contribution in [0.5, 0.6) is 0 Å². The Labute approximate surface area is 142 Å². The van der Waals surface area contributed by atoms with Gasteiger partial charge in [0.1, 0.15) is 0 Å². The van der Waals surface area contributed by atoms with Crippen molar-refractivity contribution in [1.82, 2.24) is 14.8 Å². The van der Waals surface area contributed by atoms with Crippen LogP contribution in [-0.2, 0) is 5.75 Å². The van der Waals surface area contributed by atoms with Gasteiger partial charge in [-0.05, 0) is 38.2 Å². The normalized spacial score (nSPS) is 10.9. The Kier molecular flexibility index (Phi) is 6.84. The Hall–Kier alpha value is -1.62. The van der Waals surface area contributed by atoms with E-state index in [1.807, 2.05) is 25.6 Å². The Balaban J connectivity index is 2.00. The number of hydrogen-bond acceptors (Lipinski definition) is 4. The standard InChI is InChI=1S/C18H25N3OS/c1-4-5-6-7-11-23-13-17-14(2)20-21(15(17)3)18(22)16-9-8-10-19-12-16/h8-10,12H,4-7,11,13H2,1-3H3. The van der Waals surface area contributed by atoms with Gasteiger partial charge in [0, 0.05) is 29.4 Å². The molecule has 0 N–H and O–H groups in total. The fourth-order valence-electron chi connectivity index (χ4n) is 2.50. The van der Waals surface area contributed by atoms with Crippen molar-refractivity contribution in [2.45, 2.75) is 52.2 Å². The Bertz CT molecular complexity index is 637. The lowest BCUT2D eigenvalue weighted by atomic mass is 10.2. The largest absolute Gasteiger partial charge is 0.279 e. The van der Waals surface area contributed by atoms with Gasteiger partial charge < -0.3 is 0 Å². The van der Waals surface area contributed by atoms with E-state index >= 15 is 0 Å². The quantitative estimate of drug-likeness (QED) is 0.673. The lowest BCUT2D eigenvalue weighted by molar-refractivity contribution is 0.0942. The van der Waals surface area contributed by atoms with E-state index in [0.29, 0.717) is 5.56 Å². The Morgan fingerprint density at radius 2 is 2.09 bits per heavy atom. The zero-order valence-corrected chi connectivity index (χ0v) is 15.0. The fourth-order valence-corrected chi connectivity index (χ4v) is 3.67. The molecule has 4 nitrogen and oxygen atoms in total. The molecule has 0 amide bonds. The zero-order chi connectivity index (χ0) is 16.7. The molecule has 0 aliphatic rings. The first-order chi connectivity index (χ1) is 11.1. The van der Waals surface area contributed by atoms with Crippen molar-refractivity contribution < 1.29 is 4.79 Å². The minimum Gasteiger partial charge on any atom is -0.267 e. The molecule has 2 aromatic rings. The minimum absolute atomic E-state index is 0.113. The van der Waals surface area contributed by atoms with Gasteiger partial charge in [0.05, 0.1) is 11.3 Å². The second-order valence-corrected chi connectivity index (χ2v) is 6.83. The van der Waals surface area contributed by atoms with Crippen molar-refractivity contribution >= 4 is 17.7 Å². The van der Waals surface area contributed by atoms with Crippen LogP contribution in [0.2, 0.25) is 0 Å². The summed E-state index contributed by atoms with van der Waals surface area (Å²) >= 11 is 1.93. The van der Waals surface area contributed by atoms with E-state index in [4.69, 9.17) is 0 Å². The summed E-state index contributed by atoms with van der Waals surface area (Å²) in [5.41, 5.74) is 3.64. The van der Waals surface area contributed by atoms with Gasteiger partial charge in [0.15, 0.2) is 0 Å². The van der Waals surface area contributed by atoms with Crippen molar-refractivity contribution in [2.75, 3.05) is 5.75 Å². The molecule has 0 atom stereocenters. The summed E-state index contributed by atoms with van der Waals surface area (Å²) in [5, 5.41) is 4.44. The van der Waals surface area contributed by atoms with Gasteiger partial charge in [-0.1, -0.05) is 26.2 Å². The van der Waals surface area contributed by atoms with Crippen LogP contribution in [0, 0.1) is 13.8 Å². The van der Waals surface area contributed by atoms with Crippen LogP contribution in [0.15, 0.2) is 24.5 Å². The maximum atomic E-state index is 12.5. The predicted octanol–water partition coefficient (Wildman–Crippen LogP) is 4.40. The number of aromatic nitrogens is 3. The highest BCUT2D eigenvalue weighted by molar-refractivity contribution is 7.98. The molecule has 0 spiro atoms. The van der Waals surface area contributed by atoms with E-state index in [1.165, 1.54) is 41.7 Å². The third-order valence-electron chi connectivity index (χ3n) is 3.93. The molecule has 2 aromatic heterocycles. The molecular formula is C18H25N3OS. The summed E-state index contributed by atoms with van der Waals surface area (Å²) in [6.45, 7) is 6.18. The van der Waals surface area contributed by atoms with Crippen molar-refractivity contribution in [1.29, 1.82) is 0 Å². The number of carbonyl (C=O) groups is 1. The maximum Gasteiger partial charge on any atom is 0.279 e. The number of carbonyl (C=O) groups excluding carboxylic acids is 1. The SMILES string of the molecule is CCCCCCSCc1c(C)nn(C(=O)c2cccnc2)c1C. The zero-order valence-electron chi connectivity index (χ0n) is 14.2. The van der Waals surface area contributed by atoms with Gasteiger partial charge in [-0.15, -0.1) is 0 Å². The van der Waals surface area contributed by atoms with Gasteiger partial charge in [0.2, 0.25) is 0 Å². The molecule has 0 radical (unpaired) electrons. The summed E-state index contributed by atoms with van der Waals surface area (Å²) < 4.78 is 1.51. The number of aryl methyl sites for hydroxylation is 1. The average Bonchev–Trinajstić information content (AvgIpc) is 2.86. The van der Waals surface area contributed by atoms with Gasteiger partial charge in [-0.2, -0.15) is 16.9 Å². The third kappa shape index (κ3) is 4.67. The summed E-state index contributed by atoms with van der Waals surface area (Å²) in [4.78, 5) is 16.5. The van der Waals surface area contributed by atoms with E-state index in [0.717, 1.165) is 17.1 Å². The number of rotatable bonds is 8. The van der Waals surface area contributed by atoms with Gasteiger partial charge in [0.25, 0.3) is 5.91 Å². The first-order valence-corrected chi connectivity index (χ1v) is 9.38. The fraction of sp³-hybridized carbons (Fsp3) is 0.500. The number of unbranched alkanes of at least 4 members (excludes halogenated alkanes) is 3. The van der Waals surface area contributed by atoms with Gasteiger partial charge in [-0.3, -0.25) is 9.78 Å². The molecule has 124 valence electrons. The molecule has 0 aromatic carbocycles. The van der Waals surface area contributed by atoms with Crippen molar-refractivity contribution in [3.05, 3.63) is 47.0 Å². The lowest BCUT2D eigenvalue weighted by Gasteiger charge is -2.05. The van der Waals surface area contributed by atoms with Crippen molar-refractivity contribution in [3.63, 3.8) is 0 Å². The van der Waals surface area contributed by atoms with Gasteiger partial charge >= 0.3 is 0 Å². The van der Waals surface area contributed by atoms with Crippen molar-refractivity contribution in [2.24, 2.45) is 0 Å². The molecule has 0 saturated carbocycles. The van der Waals surface area contributed by atoms with E-state index in [2.05, 4.69) is 17.0 Å². The van der Waals surface area contributed by atoms with Crippen LogP contribution in [0.25, 0.3) is 0 Å². The molecule has 23 heavy (non-hydrogen) atoms. The van der Waals surface area contributed by atoms with Crippen LogP contribution in [0.1, 0.15) is 59.9 Å². The molecular weight excluding hydrogens is 306 g/mol.